The summed E-state index contributed by atoms with van der Waals surface area (Å²) < 4.78 is 0. The topological polar surface area (TPSA) is 0 Å². The van der Waals surface area contributed by atoms with Crippen LogP contribution >= 0.6 is 37.2 Å². The first kappa shape index (κ1) is 48.9. The smallest absolute Gasteiger partial charge is 0.0994 e. The first-order valence-corrected chi connectivity index (χ1v) is 20.2. The first-order chi connectivity index (χ1) is 21.4. The van der Waals surface area contributed by atoms with Crippen LogP contribution in [-0.2, 0) is 21.7 Å². The Hall–Kier alpha value is -1.06. The molecule has 0 fully saturated rings. The minimum atomic E-state index is -2.87. The van der Waals surface area contributed by atoms with Crippen LogP contribution in [0.4, 0.5) is 0 Å². The third-order valence-electron chi connectivity index (χ3n) is 10.2. The fourth-order valence-electron chi connectivity index (χ4n) is 7.11. The normalized spacial score (nSPS) is 13.3. The molecule has 1 aliphatic rings. The summed E-state index contributed by atoms with van der Waals surface area (Å²) in [4.78, 5) is 0. The molecular weight excluding hydrogens is 723 g/mol. The van der Waals surface area contributed by atoms with Crippen molar-refractivity contribution >= 4 is 60.9 Å². The fraction of sp³-hybridized carbons (Fsp3) is 0.511. The molecule has 0 N–H and O–H groups in total. The number of hydrogen-bond acceptors (Lipinski definition) is 0. The van der Waals surface area contributed by atoms with Crippen LogP contribution in [0.2, 0.25) is 0 Å². The number of benzene rings is 3. The zero-order valence-electron chi connectivity index (χ0n) is 33.7. The average molecular weight is 789 g/mol. The molecule has 276 valence electrons. The van der Waals surface area contributed by atoms with E-state index in [1.807, 2.05) is 0 Å². The zero-order valence-corrected chi connectivity index (χ0v) is 38.7. The third kappa shape index (κ3) is 10.1. The molecule has 1 aliphatic carbocycles. The SMILES string of the molecule is CC(C)c1cc(C(C)C)cc([Si](C2=CC[C-]=C2C(C)(C)C)(c2cc(C(C)C)cc(C(C)C)c2)c2cc(C(C)C)cc(C(C)C)c2)c1.Cl.Cl.Cl.[Ti]. The van der Waals surface area contributed by atoms with Gasteiger partial charge < -0.3 is 0 Å². The first-order valence-electron chi connectivity index (χ1n) is 18.2. The Morgan fingerprint density at radius 2 is 0.700 bits per heavy atom. The predicted octanol–water partition coefficient (Wildman–Crippen LogP) is 12.8. The Bertz CT molecular complexity index is 1390. The molecule has 0 saturated heterocycles. The number of rotatable bonds is 10. The molecule has 5 heteroatoms. The molecule has 0 spiro atoms. The molecule has 0 saturated carbocycles. The van der Waals surface area contributed by atoms with E-state index in [1.54, 1.807) is 5.20 Å². The molecule has 3 aromatic rings. The van der Waals surface area contributed by atoms with Crippen LogP contribution in [0, 0.1) is 11.5 Å². The standard InChI is InChI=1S/C45H63Si.3ClH.Ti/c1-28(2)34-19-35(29(3)4)23-40(22-34)46(44-18-16-17-43(44)45(13,14)15,41-24-36(30(5)6)20-37(25-41)31(7)8)42-26-38(32(9)10)21-39(27-42)33(11)12;;;;/h18-33H,16H2,1-15H3;3*1H;/q-1;;;;. The summed E-state index contributed by atoms with van der Waals surface area (Å²) in [6, 6.07) is 23.2. The molecule has 0 heterocycles. The van der Waals surface area contributed by atoms with Gasteiger partial charge in [-0.15, -0.1) is 43.6 Å². The van der Waals surface area contributed by atoms with Gasteiger partial charge in [-0.1, -0.05) is 174 Å². The second-order valence-corrected chi connectivity index (χ2v) is 20.7. The van der Waals surface area contributed by atoms with Gasteiger partial charge >= 0.3 is 0 Å². The summed E-state index contributed by atoms with van der Waals surface area (Å²) >= 11 is 0. The summed E-state index contributed by atoms with van der Waals surface area (Å²) in [6.07, 6.45) is 7.41. The maximum atomic E-state index is 3.94. The molecule has 0 nitrogen and oxygen atoms in total. The Morgan fingerprint density at radius 3 is 0.900 bits per heavy atom. The van der Waals surface area contributed by atoms with Gasteiger partial charge in [-0.3, -0.25) is 6.08 Å². The van der Waals surface area contributed by atoms with Crippen molar-refractivity contribution in [2.45, 2.75) is 146 Å². The number of halogens is 3. The predicted molar refractivity (Wildman–Crippen MR) is 229 cm³/mol. The summed E-state index contributed by atoms with van der Waals surface area (Å²) in [5, 5.41) is 6.16. The van der Waals surface area contributed by atoms with Crippen molar-refractivity contribution in [3.8, 4) is 0 Å². The number of hydrogen-bond donors (Lipinski definition) is 0. The minimum absolute atomic E-state index is 0. The van der Waals surface area contributed by atoms with Gasteiger partial charge in [0.25, 0.3) is 0 Å². The molecular formula is C45H66Cl3SiTi-. The summed E-state index contributed by atoms with van der Waals surface area (Å²) in [5.41, 5.74) is 10.1. The molecule has 4 rings (SSSR count). The Labute approximate surface area is 342 Å². The Balaban J connectivity index is 0.00000600. The molecule has 50 heavy (non-hydrogen) atoms. The van der Waals surface area contributed by atoms with Crippen LogP contribution in [0.25, 0.3) is 0 Å². The van der Waals surface area contributed by atoms with Crippen molar-refractivity contribution in [1.29, 1.82) is 0 Å². The minimum Gasteiger partial charge on any atom is -0.269 e. The van der Waals surface area contributed by atoms with E-state index in [0.29, 0.717) is 35.5 Å². The van der Waals surface area contributed by atoms with E-state index in [0.717, 1.165) is 6.42 Å². The maximum Gasteiger partial charge on any atom is 0.0994 e. The van der Waals surface area contributed by atoms with E-state index in [1.165, 1.54) is 54.5 Å². The monoisotopic (exact) mass is 787 g/mol. The van der Waals surface area contributed by atoms with Crippen molar-refractivity contribution in [2.24, 2.45) is 5.41 Å². The van der Waals surface area contributed by atoms with Gasteiger partial charge in [0.1, 0.15) is 0 Å². The average Bonchev–Trinajstić information content (AvgIpc) is 3.48. The van der Waals surface area contributed by atoms with Crippen molar-refractivity contribution in [3.05, 3.63) is 111 Å². The van der Waals surface area contributed by atoms with Crippen LogP contribution in [0.5, 0.6) is 0 Å². The van der Waals surface area contributed by atoms with Crippen LogP contribution in [-0.4, -0.2) is 8.07 Å². The van der Waals surface area contributed by atoms with E-state index < -0.39 is 8.07 Å². The van der Waals surface area contributed by atoms with E-state index in [4.69, 9.17) is 0 Å². The van der Waals surface area contributed by atoms with Gasteiger partial charge in [0.2, 0.25) is 0 Å². The van der Waals surface area contributed by atoms with Crippen LogP contribution in [0.15, 0.2) is 71.4 Å². The second-order valence-electron chi connectivity index (χ2n) is 17.0. The van der Waals surface area contributed by atoms with Crippen molar-refractivity contribution < 1.29 is 21.7 Å². The van der Waals surface area contributed by atoms with Gasteiger partial charge in [-0.05, 0) is 74.3 Å². The molecule has 0 amide bonds. The van der Waals surface area contributed by atoms with Crippen LogP contribution in [0.1, 0.15) is 179 Å². The second kappa shape index (κ2) is 19.3. The molecule has 3 aromatic carbocycles. The summed E-state index contributed by atoms with van der Waals surface area (Å²) in [7, 11) is -2.87. The molecule has 0 radical (unpaired) electrons. The number of allylic oxidation sites excluding steroid dienone is 4. The molecule has 0 aromatic heterocycles. The van der Waals surface area contributed by atoms with Crippen molar-refractivity contribution in [2.75, 3.05) is 0 Å². The van der Waals surface area contributed by atoms with E-state index in [9.17, 15) is 0 Å². The van der Waals surface area contributed by atoms with Gasteiger partial charge in [0.05, 0.1) is 8.07 Å². The molecule has 0 unspecified atom stereocenters. The van der Waals surface area contributed by atoms with Gasteiger partial charge in [0, 0.05) is 21.7 Å². The van der Waals surface area contributed by atoms with Gasteiger partial charge in [-0.25, -0.2) is 5.57 Å². The zero-order chi connectivity index (χ0) is 34.3. The summed E-state index contributed by atoms with van der Waals surface area (Å²) in [6.45, 7) is 35.5. The Kier molecular flexibility index (Phi) is 18.9. The van der Waals surface area contributed by atoms with E-state index >= 15 is 0 Å². The summed E-state index contributed by atoms with van der Waals surface area (Å²) in [5.74, 6) is 2.71. The van der Waals surface area contributed by atoms with E-state index in [-0.39, 0.29) is 64.4 Å². The van der Waals surface area contributed by atoms with Crippen molar-refractivity contribution in [3.63, 3.8) is 0 Å². The van der Waals surface area contributed by atoms with Gasteiger partial charge in [0.15, 0.2) is 0 Å². The maximum absolute atomic E-state index is 3.94. The third-order valence-corrected chi connectivity index (χ3v) is 15.0. The fourth-order valence-corrected chi connectivity index (χ4v) is 12.6. The largest absolute Gasteiger partial charge is 0.269 e. The molecule has 0 bridgehead atoms. The van der Waals surface area contributed by atoms with Crippen LogP contribution in [0.3, 0.4) is 0 Å². The van der Waals surface area contributed by atoms with E-state index in [2.05, 4.69) is 171 Å². The van der Waals surface area contributed by atoms with Gasteiger partial charge in [-0.2, -0.15) is 11.3 Å². The molecule has 0 atom stereocenters. The molecule has 0 aliphatic heterocycles. The van der Waals surface area contributed by atoms with Crippen LogP contribution < -0.4 is 15.6 Å². The quantitative estimate of drug-likeness (QED) is 0.109. The van der Waals surface area contributed by atoms with Crippen molar-refractivity contribution in [1.82, 2.24) is 0 Å². The Morgan fingerprint density at radius 1 is 0.460 bits per heavy atom.